The molecule has 0 spiro atoms. The SMILES string of the molecule is N#CC1(NC(=O)COC(=O)CCCNC(=O)c2ccsc2)CCCC1. The highest BCUT2D eigenvalue weighted by atomic mass is 32.1. The van der Waals surface area contributed by atoms with Crippen LogP contribution in [0.5, 0.6) is 0 Å². The van der Waals surface area contributed by atoms with Gasteiger partial charge in [-0.2, -0.15) is 16.6 Å². The molecule has 0 atom stereocenters. The molecule has 8 heteroatoms. The maximum absolute atomic E-state index is 11.8. The second kappa shape index (κ2) is 9.18. The average molecular weight is 363 g/mol. The first-order chi connectivity index (χ1) is 12.0. The number of nitrogens with one attached hydrogen (secondary N) is 2. The molecule has 134 valence electrons. The molecule has 0 bridgehead atoms. The predicted molar refractivity (Wildman–Crippen MR) is 91.8 cm³/mol. The lowest BCUT2D eigenvalue weighted by molar-refractivity contribution is -0.149. The van der Waals surface area contributed by atoms with Crippen LogP contribution in [0.1, 0.15) is 48.9 Å². The van der Waals surface area contributed by atoms with E-state index in [0.717, 1.165) is 12.8 Å². The van der Waals surface area contributed by atoms with Gasteiger partial charge in [0.25, 0.3) is 11.8 Å². The van der Waals surface area contributed by atoms with Crippen molar-refractivity contribution in [3.8, 4) is 6.07 Å². The maximum Gasteiger partial charge on any atom is 0.306 e. The lowest BCUT2D eigenvalue weighted by atomic mass is 10.00. The van der Waals surface area contributed by atoms with Crippen molar-refractivity contribution >= 4 is 29.1 Å². The molecule has 1 aliphatic rings. The van der Waals surface area contributed by atoms with Gasteiger partial charge in [-0.1, -0.05) is 0 Å². The van der Waals surface area contributed by atoms with Gasteiger partial charge >= 0.3 is 5.97 Å². The van der Waals surface area contributed by atoms with Gasteiger partial charge in [0.05, 0.1) is 6.07 Å². The summed E-state index contributed by atoms with van der Waals surface area (Å²) in [5, 5.41) is 18.1. The van der Waals surface area contributed by atoms with E-state index in [1.165, 1.54) is 11.3 Å². The minimum atomic E-state index is -0.810. The van der Waals surface area contributed by atoms with E-state index < -0.39 is 17.4 Å². The van der Waals surface area contributed by atoms with E-state index in [1.54, 1.807) is 11.4 Å². The Kier molecular flexibility index (Phi) is 6.95. The molecular weight excluding hydrogens is 342 g/mol. The van der Waals surface area contributed by atoms with Gasteiger partial charge in [-0.15, -0.1) is 0 Å². The van der Waals surface area contributed by atoms with E-state index >= 15 is 0 Å². The molecule has 2 N–H and O–H groups in total. The van der Waals surface area contributed by atoms with Gasteiger partial charge in [-0.25, -0.2) is 0 Å². The number of carbonyl (C=O) groups excluding carboxylic acids is 3. The second-order valence-electron chi connectivity index (χ2n) is 5.98. The van der Waals surface area contributed by atoms with E-state index in [-0.39, 0.29) is 18.9 Å². The van der Waals surface area contributed by atoms with Crippen LogP contribution in [0.3, 0.4) is 0 Å². The highest BCUT2D eigenvalue weighted by Gasteiger charge is 2.35. The number of hydrogen-bond acceptors (Lipinski definition) is 6. The van der Waals surface area contributed by atoms with Gasteiger partial charge in [0.15, 0.2) is 6.61 Å². The van der Waals surface area contributed by atoms with E-state index in [4.69, 9.17) is 4.74 Å². The third-order valence-corrected chi connectivity index (χ3v) is 4.72. The summed E-state index contributed by atoms with van der Waals surface area (Å²) < 4.78 is 4.91. The Morgan fingerprint density at radius 3 is 2.72 bits per heavy atom. The lowest BCUT2D eigenvalue weighted by Crippen LogP contribution is -2.46. The normalized spacial score (nSPS) is 15.2. The summed E-state index contributed by atoms with van der Waals surface area (Å²) in [5.74, 6) is -1.13. The number of esters is 1. The first-order valence-electron chi connectivity index (χ1n) is 8.23. The Hall–Kier alpha value is -2.40. The van der Waals surface area contributed by atoms with Gasteiger partial charge in [-0.3, -0.25) is 14.4 Å². The second-order valence-corrected chi connectivity index (χ2v) is 6.76. The van der Waals surface area contributed by atoms with Crippen LogP contribution in [0.2, 0.25) is 0 Å². The van der Waals surface area contributed by atoms with Crippen molar-refractivity contribution in [1.82, 2.24) is 10.6 Å². The molecule has 1 saturated carbocycles. The third kappa shape index (κ3) is 5.87. The number of nitriles is 1. The van der Waals surface area contributed by atoms with Crippen LogP contribution in [0.25, 0.3) is 0 Å². The summed E-state index contributed by atoms with van der Waals surface area (Å²) in [6.45, 7) is -0.0307. The number of carbonyl (C=O) groups is 3. The summed E-state index contributed by atoms with van der Waals surface area (Å²) in [4.78, 5) is 35.1. The van der Waals surface area contributed by atoms with Crippen LogP contribution >= 0.6 is 11.3 Å². The number of nitrogens with zero attached hydrogens (tertiary/aromatic N) is 1. The smallest absolute Gasteiger partial charge is 0.306 e. The number of rotatable bonds is 8. The van der Waals surface area contributed by atoms with Crippen LogP contribution in [0.15, 0.2) is 16.8 Å². The Labute approximate surface area is 150 Å². The zero-order valence-electron chi connectivity index (χ0n) is 13.9. The minimum absolute atomic E-state index is 0.112. The van der Waals surface area contributed by atoms with Gasteiger partial charge in [0.1, 0.15) is 5.54 Å². The maximum atomic E-state index is 11.8. The molecule has 1 aromatic heterocycles. The van der Waals surface area contributed by atoms with Crippen molar-refractivity contribution in [3.63, 3.8) is 0 Å². The van der Waals surface area contributed by atoms with Crippen molar-refractivity contribution in [2.24, 2.45) is 0 Å². The molecule has 25 heavy (non-hydrogen) atoms. The molecule has 1 heterocycles. The van der Waals surface area contributed by atoms with E-state index in [9.17, 15) is 19.6 Å². The summed E-state index contributed by atoms with van der Waals surface area (Å²) in [5.41, 5.74) is -0.210. The van der Waals surface area contributed by atoms with Crippen LogP contribution in [0.4, 0.5) is 0 Å². The quantitative estimate of drug-likeness (QED) is 0.540. The first kappa shape index (κ1) is 18.9. The van der Waals surface area contributed by atoms with Crippen LogP contribution in [0, 0.1) is 11.3 Å². The highest BCUT2D eigenvalue weighted by molar-refractivity contribution is 7.08. The average Bonchev–Trinajstić information content (AvgIpc) is 3.29. The summed E-state index contributed by atoms with van der Waals surface area (Å²) in [6.07, 6.45) is 3.62. The molecule has 0 aromatic carbocycles. The summed E-state index contributed by atoms with van der Waals surface area (Å²) >= 11 is 1.44. The number of thiophene rings is 1. The molecule has 1 fully saturated rings. The molecule has 2 amide bonds. The highest BCUT2D eigenvalue weighted by Crippen LogP contribution is 2.28. The zero-order chi connectivity index (χ0) is 18.1. The third-order valence-electron chi connectivity index (χ3n) is 4.04. The van der Waals surface area contributed by atoms with E-state index in [1.807, 2.05) is 5.38 Å². The van der Waals surface area contributed by atoms with Crippen LogP contribution in [-0.4, -0.2) is 36.5 Å². The van der Waals surface area contributed by atoms with Crippen molar-refractivity contribution in [2.45, 2.75) is 44.1 Å². The molecule has 0 unspecified atom stereocenters. The van der Waals surface area contributed by atoms with Crippen molar-refractivity contribution in [3.05, 3.63) is 22.4 Å². The van der Waals surface area contributed by atoms with Crippen molar-refractivity contribution in [1.29, 1.82) is 5.26 Å². The van der Waals surface area contributed by atoms with E-state index in [0.29, 0.717) is 31.4 Å². The van der Waals surface area contributed by atoms with Gasteiger partial charge in [0.2, 0.25) is 0 Å². The minimum Gasteiger partial charge on any atom is -0.456 e. The topological polar surface area (TPSA) is 108 Å². The summed E-state index contributed by atoms with van der Waals surface area (Å²) in [7, 11) is 0. The standard InChI is InChI=1S/C17H21N3O4S/c18-12-17(6-1-2-7-17)20-14(21)10-24-15(22)4-3-8-19-16(23)13-5-9-25-11-13/h5,9,11H,1-4,6-8,10H2,(H,19,23)(H,20,21). The van der Waals surface area contributed by atoms with Crippen molar-refractivity contribution < 1.29 is 19.1 Å². The Morgan fingerprint density at radius 1 is 1.32 bits per heavy atom. The fraction of sp³-hybridized carbons (Fsp3) is 0.529. The van der Waals surface area contributed by atoms with E-state index in [2.05, 4.69) is 16.7 Å². The molecule has 1 aromatic rings. The number of hydrogen-bond donors (Lipinski definition) is 2. The fourth-order valence-corrected chi connectivity index (χ4v) is 3.33. The van der Waals surface area contributed by atoms with Crippen LogP contribution < -0.4 is 10.6 Å². The molecule has 2 rings (SSSR count). The fourth-order valence-electron chi connectivity index (χ4n) is 2.69. The van der Waals surface area contributed by atoms with Gasteiger partial charge in [-0.05, 0) is 43.6 Å². The Morgan fingerprint density at radius 2 is 2.08 bits per heavy atom. The molecular formula is C17H21N3O4S. The molecule has 0 saturated heterocycles. The molecule has 0 aliphatic heterocycles. The monoisotopic (exact) mass is 363 g/mol. The predicted octanol–water partition coefficient (Wildman–Crippen LogP) is 1.75. The number of ether oxygens (including phenoxy) is 1. The zero-order valence-corrected chi connectivity index (χ0v) is 14.7. The van der Waals surface area contributed by atoms with Crippen molar-refractivity contribution in [2.75, 3.05) is 13.2 Å². The van der Waals surface area contributed by atoms with Crippen LogP contribution in [-0.2, 0) is 14.3 Å². The Bertz CT molecular complexity index is 645. The number of amides is 2. The van der Waals surface area contributed by atoms with Gasteiger partial charge in [0, 0.05) is 23.9 Å². The molecule has 1 aliphatic carbocycles. The molecule has 7 nitrogen and oxygen atoms in total. The van der Waals surface area contributed by atoms with Gasteiger partial charge < -0.3 is 15.4 Å². The first-order valence-corrected chi connectivity index (χ1v) is 9.17. The largest absolute Gasteiger partial charge is 0.456 e. The summed E-state index contributed by atoms with van der Waals surface area (Å²) in [6, 6.07) is 3.88. The molecule has 0 radical (unpaired) electrons. The lowest BCUT2D eigenvalue weighted by Gasteiger charge is -2.21. The Balaban J connectivity index is 1.58.